The Kier molecular flexibility index (Phi) is 7.23. The lowest BCUT2D eigenvalue weighted by atomic mass is 9.80. The summed E-state index contributed by atoms with van der Waals surface area (Å²) in [6.45, 7) is 15.9. The molecule has 1 aromatic carbocycles. The lowest BCUT2D eigenvalue weighted by molar-refractivity contribution is 0.202. The summed E-state index contributed by atoms with van der Waals surface area (Å²) in [4.78, 5) is 4.74. The third-order valence-electron chi connectivity index (χ3n) is 5.65. The second-order valence-electron chi connectivity index (χ2n) is 8.92. The topological polar surface area (TPSA) is 48.5 Å². The van der Waals surface area contributed by atoms with Crippen molar-refractivity contribution >= 4 is 40.8 Å². The molecule has 0 aliphatic carbocycles. The molecule has 3 N–H and O–H groups in total. The standard InChI is InChI=1S/C21H34Cl2N4/c1-7-21(8-2)13-26-19(3,4)11-24-17-9-15(22)16(23)10-18(17)25-12-20(5,6)27-14-21/h9-11,25-27H,7-8,12-14H2,1-6H3/b24-11-. The molecule has 1 aliphatic rings. The van der Waals surface area contributed by atoms with E-state index in [1.807, 2.05) is 18.3 Å². The van der Waals surface area contributed by atoms with Gasteiger partial charge in [0.25, 0.3) is 0 Å². The smallest absolute Gasteiger partial charge is 0.0873 e. The van der Waals surface area contributed by atoms with Crippen LogP contribution in [0.4, 0.5) is 11.4 Å². The van der Waals surface area contributed by atoms with Crippen LogP contribution in [-0.2, 0) is 0 Å². The zero-order valence-corrected chi connectivity index (χ0v) is 19.0. The Morgan fingerprint density at radius 3 is 2.15 bits per heavy atom. The second-order valence-corrected chi connectivity index (χ2v) is 9.73. The van der Waals surface area contributed by atoms with Crippen molar-refractivity contribution in [1.82, 2.24) is 10.6 Å². The normalized spacial score (nSPS) is 23.1. The highest BCUT2D eigenvalue weighted by Gasteiger charge is 2.31. The van der Waals surface area contributed by atoms with Crippen LogP contribution in [-0.4, -0.2) is 36.9 Å². The van der Waals surface area contributed by atoms with Crippen molar-refractivity contribution in [1.29, 1.82) is 0 Å². The van der Waals surface area contributed by atoms with Crippen molar-refractivity contribution in [2.24, 2.45) is 10.4 Å². The van der Waals surface area contributed by atoms with Crippen molar-refractivity contribution < 1.29 is 0 Å². The number of aliphatic imine (C=N–C) groups is 1. The molecule has 152 valence electrons. The minimum atomic E-state index is -0.234. The molecule has 4 nitrogen and oxygen atoms in total. The summed E-state index contributed by atoms with van der Waals surface area (Å²) in [6.07, 6.45) is 4.20. The Morgan fingerprint density at radius 1 is 0.926 bits per heavy atom. The maximum Gasteiger partial charge on any atom is 0.0873 e. The maximum atomic E-state index is 6.25. The predicted octanol–water partition coefficient (Wildman–Crippen LogP) is 5.66. The SMILES string of the molecule is CCC1(CC)CNC(C)(C)/C=N\c2cc(Cl)c(Cl)cc2NCC(C)(C)NC1. The van der Waals surface area contributed by atoms with Crippen molar-refractivity contribution in [3.05, 3.63) is 22.2 Å². The van der Waals surface area contributed by atoms with Gasteiger partial charge in [-0.2, -0.15) is 0 Å². The minimum absolute atomic E-state index is 0.0771. The van der Waals surface area contributed by atoms with Gasteiger partial charge in [-0.25, -0.2) is 0 Å². The number of rotatable bonds is 2. The highest BCUT2D eigenvalue weighted by atomic mass is 35.5. The van der Waals surface area contributed by atoms with E-state index in [1.165, 1.54) is 0 Å². The number of anilines is 1. The molecule has 0 saturated carbocycles. The Hall–Kier alpha value is -0.810. The van der Waals surface area contributed by atoms with E-state index >= 15 is 0 Å². The largest absolute Gasteiger partial charge is 0.381 e. The van der Waals surface area contributed by atoms with Crippen LogP contribution in [0.5, 0.6) is 0 Å². The van der Waals surface area contributed by atoms with Gasteiger partial charge in [0, 0.05) is 36.9 Å². The Bertz CT molecular complexity index is 679. The molecule has 1 aromatic rings. The highest BCUT2D eigenvalue weighted by molar-refractivity contribution is 6.42. The average Bonchev–Trinajstić information content (AvgIpc) is 2.62. The van der Waals surface area contributed by atoms with Crippen LogP contribution >= 0.6 is 23.2 Å². The van der Waals surface area contributed by atoms with Crippen LogP contribution in [0.15, 0.2) is 17.1 Å². The fraction of sp³-hybridized carbons (Fsp3) is 0.667. The van der Waals surface area contributed by atoms with Gasteiger partial charge >= 0.3 is 0 Å². The first-order chi connectivity index (χ1) is 12.5. The van der Waals surface area contributed by atoms with E-state index < -0.39 is 0 Å². The summed E-state index contributed by atoms with van der Waals surface area (Å²) in [5.74, 6) is 0. The summed E-state index contributed by atoms with van der Waals surface area (Å²) in [6, 6.07) is 3.68. The Labute approximate surface area is 174 Å². The van der Waals surface area contributed by atoms with E-state index in [2.05, 4.69) is 57.5 Å². The summed E-state index contributed by atoms with van der Waals surface area (Å²) >= 11 is 12.5. The first kappa shape index (κ1) is 22.5. The van der Waals surface area contributed by atoms with E-state index in [1.54, 1.807) is 0 Å². The highest BCUT2D eigenvalue weighted by Crippen LogP contribution is 2.35. The lowest BCUT2D eigenvalue weighted by Gasteiger charge is -2.39. The molecule has 27 heavy (non-hydrogen) atoms. The number of halogens is 2. The van der Waals surface area contributed by atoms with Crippen LogP contribution in [0.25, 0.3) is 0 Å². The number of fused-ring (bicyclic) bond motifs is 1. The van der Waals surface area contributed by atoms with Gasteiger partial charge < -0.3 is 16.0 Å². The monoisotopic (exact) mass is 412 g/mol. The van der Waals surface area contributed by atoms with Crippen LogP contribution in [0.1, 0.15) is 54.4 Å². The first-order valence-corrected chi connectivity index (χ1v) is 10.6. The average molecular weight is 413 g/mol. The molecule has 1 aliphatic heterocycles. The molecule has 0 unspecified atom stereocenters. The number of hydrogen-bond acceptors (Lipinski definition) is 4. The molecule has 0 fully saturated rings. The summed E-state index contributed by atoms with van der Waals surface area (Å²) in [5, 5.41) is 12.0. The molecule has 2 rings (SSSR count). The van der Waals surface area contributed by atoms with Gasteiger partial charge in [-0.1, -0.05) is 37.0 Å². The Balaban J connectivity index is 2.42. The predicted molar refractivity (Wildman–Crippen MR) is 120 cm³/mol. The Morgan fingerprint density at radius 2 is 1.52 bits per heavy atom. The molecule has 1 heterocycles. The molecule has 0 spiro atoms. The van der Waals surface area contributed by atoms with Gasteiger partial charge in [0.05, 0.1) is 21.4 Å². The number of hydrogen-bond donors (Lipinski definition) is 3. The van der Waals surface area contributed by atoms with Crippen molar-refractivity contribution in [2.75, 3.05) is 25.0 Å². The van der Waals surface area contributed by atoms with Gasteiger partial charge in [-0.05, 0) is 58.1 Å². The van der Waals surface area contributed by atoms with Gasteiger partial charge in [-0.3, -0.25) is 4.99 Å². The van der Waals surface area contributed by atoms with Crippen LogP contribution < -0.4 is 16.0 Å². The van der Waals surface area contributed by atoms with Gasteiger partial charge in [-0.15, -0.1) is 0 Å². The molecule has 0 radical (unpaired) electrons. The van der Waals surface area contributed by atoms with Gasteiger partial charge in [0.2, 0.25) is 0 Å². The molecule has 6 heteroatoms. The number of nitrogens with one attached hydrogen (secondary N) is 3. The van der Waals surface area contributed by atoms with Crippen molar-refractivity contribution in [3.63, 3.8) is 0 Å². The summed E-state index contributed by atoms with van der Waals surface area (Å²) in [5.41, 5.74) is 1.58. The molecule has 0 amide bonds. The van der Waals surface area contributed by atoms with Crippen LogP contribution in [0, 0.1) is 5.41 Å². The molecule has 0 aromatic heterocycles. The minimum Gasteiger partial charge on any atom is -0.381 e. The fourth-order valence-corrected chi connectivity index (χ4v) is 3.42. The molecular weight excluding hydrogens is 379 g/mol. The van der Waals surface area contributed by atoms with E-state index in [9.17, 15) is 0 Å². The second kappa shape index (κ2) is 8.69. The van der Waals surface area contributed by atoms with Gasteiger partial charge in [0.1, 0.15) is 0 Å². The van der Waals surface area contributed by atoms with Crippen LogP contribution in [0.3, 0.4) is 0 Å². The zero-order valence-electron chi connectivity index (χ0n) is 17.5. The lowest BCUT2D eigenvalue weighted by Crippen LogP contribution is -2.54. The number of nitrogens with zero attached hydrogens (tertiary/aromatic N) is 1. The molecule has 0 bridgehead atoms. The van der Waals surface area contributed by atoms with Crippen LogP contribution in [0.2, 0.25) is 10.0 Å². The molecule has 0 saturated heterocycles. The fourth-order valence-electron chi connectivity index (χ4n) is 3.09. The van der Waals surface area contributed by atoms with E-state index in [0.717, 1.165) is 43.9 Å². The quantitative estimate of drug-likeness (QED) is 0.586. The van der Waals surface area contributed by atoms with E-state index in [-0.39, 0.29) is 16.5 Å². The molecular formula is C21H34Cl2N4. The summed E-state index contributed by atoms with van der Waals surface area (Å²) < 4.78 is 0. The third-order valence-corrected chi connectivity index (χ3v) is 6.37. The third kappa shape index (κ3) is 6.08. The maximum absolute atomic E-state index is 6.25. The summed E-state index contributed by atoms with van der Waals surface area (Å²) in [7, 11) is 0. The first-order valence-electron chi connectivity index (χ1n) is 9.80. The number of benzene rings is 1. The van der Waals surface area contributed by atoms with Crippen molar-refractivity contribution in [2.45, 2.75) is 65.5 Å². The van der Waals surface area contributed by atoms with Crippen molar-refractivity contribution in [3.8, 4) is 0 Å². The molecule has 0 atom stereocenters. The van der Waals surface area contributed by atoms with E-state index in [4.69, 9.17) is 28.2 Å². The zero-order chi connectivity index (χ0) is 20.3. The van der Waals surface area contributed by atoms with Gasteiger partial charge in [0.15, 0.2) is 0 Å². The van der Waals surface area contributed by atoms with E-state index in [0.29, 0.717) is 10.0 Å².